The Balaban J connectivity index is 1.49. The summed E-state index contributed by atoms with van der Waals surface area (Å²) in [5.74, 6) is 1.56. The lowest BCUT2D eigenvalue weighted by molar-refractivity contribution is 0.171. The number of aromatic nitrogens is 3. The molecule has 30 heavy (non-hydrogen) atoms. The van der Waals surface area contributed by atoms with E-state index in [1.54, 1.807) is 24.3 Å². The third-order valence-electron chi connectivity index (χ3n) is 4.60. The normalized spacial score (nSPS) is 12.9. The Morgan fingerprint density at radius 3 is 2.77 bits per heavy atom. The predicted octanol–water partition coefficient (Wildman–Crippen LogP) is 2.44. The first-order valence-electron chi connectivity index (χ1n) is 9.04. The van der Waals surface area contributed by atoms with Crippen molar-refractivity contribution in [2.75, 3.05) is 13.2 Å². The number of hydrogen-bond donors (Lipinski definition) is 2. The molecular formula is C20H15N3O6S. The molecule has 0 aliphatic carbocycles. The standard InChI is InChI=1S/C20H15N3O6S/c24-13-2-3-14-11(7-18(25)29-16(14)9-13)10-30-20-22-21-19(26)23(20)12-1-4-15-17(8-12)28-6-5-27-15/h1-4,7-9,24H,5-6,10H2,(H,21,26). The molecule has 1 aliphatic heterocycles. The molecule has 2 aromatic carbocycles. The highest BCUT2D eigenvalue weighted by atomic mass is 32.2. The van der Waals surface area contributed by atoms with E-state index < -0.39 is 11.3 Å². The molecule has 0 saturated carbocycles. The molecule has 152 valence electrons. The van der Waals surface area contributed by atoms with Gasteiger partial charge in [0.25, 0.3) is 0 Å². The zero-order chi connectivity index (χ0) is 20.7. The number of nitrogens with one attached hydrogen (secondary N) is 1. The minimum atomic E-state index is -0.519. The van der Waals surface area contributed by atoms with Gasteiger partial charge in [-0.2, -0.15) is 0 Å². The number of aromatic hydroxyl groups is 1. The van der Waals surface area contributed by atoms with E-state index in [4.69, 9.17) is 13.9 Å². The van der Waals surface area contributed by atoms with Crippen molar-refractivity contribution in [2.45, 2.75) is 10.9 Å². The minimum Gasteiger partial charge on any atom is -0.508 e. The van der Waals surface area contributed by atoms with E-state index in [-0.39, 0.29) is 5.75 Å². The molecule has 0 fully saturated rings. The zero-order valence-electron chi connectivity index (χ0n) is 15.5. The van der Waals surface area contributed by atoms with Crippen LogP contribution in [0.2, 0.25) is 0 Å². The molecule has 1 aliphatic rings. The van der Waals surface area contributed by atoms with Crippen LogP contribution in [0.25, 0.3) is 16.7 Å². The van der Waals surface area contributed by atoms with Crippen LogP contribution in [0.15, 0.2) is 61.6 Å². The van der Waals surface area contributed by atoms with Gasteiger partial charge in [0, 0.05) is 29.3 Å². The minimum absolute atomic E-state index is 0.00945. The molecular weight excluding hydrogens is 410 g/mol. The van der Waals surface area contributed by atoms with Crippen molar-refractivity contribution in [3.8, 4) is 22.9 Å². The van der Waals surface area contributed by atoms with Crippen molar-refractivity contribution in [2.24, 2.45) is 0 Å². The van der Waals surface area contributed by atoms with Gasteiger partial charge in [0.2, 0.25) is 0 Å². The van der Waals surface area contributed by atoms with Crippen LogP contribution in [0, 0.1) is 0 Å². The SMILES string of the molecule is O=c1cc(CSc2n[nH]c(=O)n2-c2ccc3c(c2)OCCO3)c2ccc(O)cc2o1. The van der Waals surface area contributed by atoms with Crippen LogP contribution in [-0.4, -0.2) is 33.1 Å². The second-order valence-corrected chi connectivity index (χ2v) is 7.48. The number of phenols is 1. The number of fused-ring (bicyclic) bond motifs is 2. The average molecular weight is 425 g/mol. The Bertz CT molecular complexity index is 1370. The van der Waals surface area contributed by atoms with Crippen molar-refractivity contribution < 1.29 is 19.0 Å². The fraction of sp³-hybridized carbons (Fsp3) is 0.150. The summed E-state index contributed by atoms with van der Waals surface area (Å²) in [4.78, 5) is 24.3. The molecule has 5 rings (SSSR count). The highest BCUT2D eigenvalue weighted by Gasteiger charge is 2.17. The summed E-state index contributed by atoms with van der Waals surface area (Å²) in [6, 6.07) is 11.2. The van der Waals surface area contributed by atoms with E-state index in [0.717, 1.165) is 0 Å². The molecule has 0 amide bonds. The Hall–Kier alpha value is -3.66. The Morgan fingerprint density at radius 1 is 1.07 bits per heavy atom. The second-order valence-electron chi connectivity index (χ2n) is 6.53. The lowest BCUT2D eigenvalue weighted by Gasteiger charge is -2.19. The van der Waals surface area contributed by atoms with Gasteiger partial charge in [-0.1, -0.05) is 11.8 Å². The van der Waals surface area contributed by atoms with Crippen molar-refractivity contribution in [3.05, 3.63) is 68.9 Å². The van der Waals surface area contributed by atoms with Gasteiger partial charge >= 0.3 is 11.3 Å². The van der Waals surface area contributed by atoms with Crippen molar-refractivity contribution in [3.63, 3.8) is 0 Å². The number of thioether (sulfide) groups is 1. The van der Waals surface area contributed by atoms with Crippen LogP contribution < -0.4 is 20.8 Å². The Morgan fingerprint density at radius 2 is 1.90 bits per heavy atom. The molecule has 2 N–H and O–H groups in total. The summed E-state index contributed by atoms with van der Waals surface area (Å²) >= 11 is 1.29. The van der Waals surface area contributed by atoms with Gasteiger partial charge in [0.1, 0.15) is 24.5 Å². The molecule has 2 aromatic heterocycles. The van der Waals surface area contributed by atoms with E-state index in [1.165, 1.54) is 34.5 Å². The first-order chi connectivity index (χ1) is 14.6. The first kappa shape index (κ1) is 18.4. The number of ether oxygens (including phenoxy) is 2. The van der Waals surface area contributed by atoms with Crippen LogP contribution in [0.3, 0.4) is 0 Å². The van der Waals surface area contributed by atoms with Crippen LogP contribution in [-0.2, 0) is 5.75 Å². The molecule has 3 heterocycles. The van der Waals surface area contributed by atoms with Crippen LogP contribution >= 0.6 is 11.8 Å². The van der Waals surface area contributed by atoms with Gasteiger partial charge in [0.15, 0.2) is 16.7 Å². The summed E-state index contributed by atoms with van der Waals surface area (Å²) in [7, 11) is 0. The van der Waals surface area contributed by atoms with E-state index in [2.05, 4.69) is 10.2 Å². The van der Waals surface area contributed by atoms with E-state index in [9.17, 15) is 14.7 Å². The lowest BCUT2D eigenvalue weighted by atomic mass is 10.1. The van der Waals surface area contributed by atoms with Crippen LogP contribution in [0.4, 0.5) is 0 Å². The highest BCUT2D eigenvalue weighted by molar-refractivity contribution is 7.98. The zero-order valence-corrected chi connectivity index (χ0v) is 16.3. The largest absolute Gasteiger partial charge is 0.508 e. The number of nitrogens with zero attached hydrogens (tertiary/aromatic N) is 2. The van der Waals surface area contributed by atoms with Crippen LogP contribution in [0.5, 0.6) is 17.2 Å². The molecule has 0 unspecified atom stereocenters. The van der Waals surface area contributed by atoms with Crippen molar-refractivity contribution in [1.82, 2.24) is 14.8 Å². The third kappa shape index (κ3) is 3.30. The van der Waals surface area contributed by atoms with E-state index >= 15 is 0 Å². The number of phenolic OH excluding ortho intramolecular Hbond substituents is 1. The summed E-state index contributed by atoms with van der Waals surface area (Å²) in [5, 5.41) is 17.3. The molecule has 0 radical (unpaired) electrons. The van der Waals surface area contributed by atoms with Crippen LogP contribution in [0.1, 0.15) is 5.56 Å². The number of hydrogen-bond acceptors (Lipinski definition) is 8. The van der Waals surface area contributed by atoms with Gasteiger partial charge in [0.05, 0.1) is 5.69 Å². The monoisotopic (exact) mass is 425 g/mol. The molecule has 9 nitrogen and oxygen atoms in total. The van der Waals surface area contributed by atoms with Crippen molar-refractivity contribution in [1.29, 1.82) is 0 Å². The third-order valence-corrected chi connectivity index (χ3v) is 5.58. The highest BCUT2D eigenvalue weighted by Crippen LogP contribution is 2.33. The van der Waals surface area contributed by atoms with Gasteiger partial charge < -0.3 is 19.0 Å². The summed E-state index contributed by atoms with van der Waals surface area (Å²) in [5.41, 5.74) is 0.675. The van der Waals surface area contributed by atoms with Gasteiger partial charge in [-0.05, 0) is 29.8 Å². The maximum Gasteiger partial charge on any atom is 0.348 e. The van der Waals surface area contributed by atoms with E-state index in [1.807, 2.05) is 0 Å². The maximum atomic E-state index is 12.4. The molecule has 0 bridgehead atoms. The lowest BCUT2D eigenvalue weighted by Crippen LogP contribution is -2.18. The number of benzene rings is 2. The second kappa shape index (κ2) is 7.30. The summed E-state index contributed by atoms with van der Waals surface area (Å²) < 4.78 is 17.7. The Kier molecular flexibility index (Phi) is 4.47. The quantitative estimate of drug-likeness (QED) is 0.378. The Labute approximate surface area is 172 Å². The van der Waals surface area contributed by atoms with Gasteiger partial charge in [-0.15, -0.1) is 5.10 Å². The number of rotatable bonds is 4. The molecule has 0 saturated heterocycles. The summed E-state index contributed by atoms with van der Waals surface area (Å²) in [6.07, 6.45) is 0. The van der Waals surface area contributed by atoms with Crippen molar-refractivity contribution >= 4 is 22.7 Å². The number of aromatic amines is 1. The van der Waals surface area contributed by atoms with Gasteiger partial charge in [-0.3, -0.25) is 0 Å². The molecule has 0 atom stereocenters. The van der Waals surface area contributed by atoms with E-state index in [0.29, 0.717) is 57.8 Å². The fourth-order valence-electron chi connectivity index (χ4n) is 3.26. The fourth-order valence-corrected chi connectivity index (χ4v) is 4.21. The first-order valence-corrected chi connectivity index (χ1v) is 10.0. The molecule has 4 aromatic rings. The predicted molar refractivity (Wildman–Crippen MR) is 109 cm³/mol. The topological polar surface area (TPSA) is 120 Å². The molecule has 10 heteroatoms. The summed E-state index contributed by atoms with van der Waals surface area (Å²) in [6.45, 7) is 0.924. The number of H-pyrrole nitrogens is 1. The van der Waals surface area contributed by atoms with Gasteiger partial charge in [-0.25, -0.2) is 19.3 Å². The smallest absolute Gasteiger partial charge is 0.348 e. The average Bonchev–Trinajstić information content (AvgIpc) is 3.11. The maximum absolute atomic E-state index is 12.4. The molecule has 0 spiro atoms.